The average molecular weight is 216 g/mol. The van der Waals surface area contributed by atoms with Gasteiger partial charge in [0.05, 0.1) is 0 Å². The summed E-state index contributed by atoms with van der Waals surface area (Å²) < 4.78 is 12.9. The van der Waals surface area contributed by atoms with Crippen molar-refractivity contribution in [3.8, 4) is 0 Å². The van der Waals surface area contributed by atoms with E-state index in [1.165, 1.54) is 34.4 Å². The van der Waals surface area contributed by atoms with Crippen LogP contribution >= 0.6 is 0 Å². The first kappa shape index (κ1) is 11.1. The Morgan fingerprint density at radius 1 is 0.938 bits per heavy atom. The quantitative estimate of drug-likeness (QED) is 0.644. The predicted molar refractivity (Wildman–Crippen MR) is 66.5 cm³/mol. The molecular weight excluding hydrogens is 199 g/mol. The van der Waals surface area contributed by atoms with Crippen LogP contribution < -0.4 is 0 Å². The lowest BCUT2D eigenvalue weighted by Crippen LogP contribution is -1.96. The fourth-order valence-electron chi connectivity index (χ4n) is 2.46. The second kappa shape index (κ2) is 3.89. The highest BCUT2D eigenvalue weighted by Gasteiger charge is 2.24. The minimum Gasteiger partial charge on any atom is -0.207 e. The lowest BCUT2D eigenvalue weighted by atomic mass is 9.92. The minimum atomic E-state index is -0.172. The SMILES string of the molecule is CC1=C(C)C(C)C(c2ccc(F)cc2)=C1C. The normalized spacial score (nSPS) is 20.9. The molecule has 1 aromatic carbocycles. The first-order valence-corrected chi connectivity index (χ1v) is 5.67. The molecule has 1 aliphatic carbocycles. The van der Waals surface area contributed by atoms with Crippen molar-refractivity contribution < 1.29 is 4.39 Å². The Labute approximate surface area is 96.5 Å². The van der Waals surface area contributed by atoms with Gasteiger partial charge in [-0.25, -0.2) is 4.39 Å². The maximum absolute atomic E-state index is 12.9. The van der Waals surface area contributed by atoms with Crippen LogP contribution in [0.15, 0.2) is 41.0 Å². The molecule has 0 aliphatic heterocycles. The van der Waals surface area contributed by atoms with Crippen molar-refractivity contribution in [2.75, 3.05) is 0 Å². The summed E-state index contributed by atoms with van der Waals surface area (Å²) in [5.74, 6) is 0.277. The molecule has 1 unspecified atom stereocenters. The van der Waals surface area contributed by atoms with Crippen LogP contribution in [0, 0.1) is 11.7 Å². The van der Waals surface area contributed by atoms with Crippen LogP contribution in [0.3, 0.4) is 0 Å². The lowest BCUT2D eigenvalue weighted by Gasteiger charge is -2.12. The number of rotatable bonds is 1. The molecule has 0 radical (unpaired) electrons. The van der Waals surface area contributed by atoms with Gasteiger partial charge in [0.25, 0.3) is 0 Å². The highest BCUT2D eigenvalue weighted by atomic mass is 19.1. The van der Waals surface area contributed by atoms with Gasteiger partial charge in [-0.3, -0.25) is 0 Å². The molecule has 0 amide bonds. The van der Waals surface area contributed by atoms with Crippen molar-refractivity contribution in [1.82, 2.24) is 0 Å². The molecule has 84 valence electrons. The Balaban J connectivity index is 2.48. The molecule has 1 aliphatic rings. The summed E-state index contributed by atoms with van der Waals surface area (Å²) in [6, 6.07) is 6.81. The van der Waals surface area contributed by atoms with Gasteiger partial charge in [0.15, 0.2) is 0 Å². The van der Waals surface area contributed by atoms with Gasteiger partial charge in [0, 0.05) is 5.92 Å². The number of allylic oxidation sites excluding steroid dienone is 4. The maximum atomic E-state index is 12.9. The monoisotopic (exact) mass is 216 g/mol. The highest BCUT2D eigenvalue weighted by molar-refractivity contribution is 5.79. The first-order chi connectivity index (χ1) is 7.52. The van der Waals surface area contributed by atoms with Gasteiger partial charge in [-0.15, -0.1) is 0 Å². The van der Waals surface area contributed by atoms with Gasteiger partial charge in [0.2, 0.25) is 0 Å². The fourth-order valence-corrected chi connectivity index (χ4v) is 2.46. The third-order valence-electron chi connectivity index (χ3n) is 3.80. The van der Waals surface area contributed by atoms with E-state index in [1.54, 1.807) is 0 Å². The van der Waals surface area contributed by atoms with E-state index in [0.29, 0.717) is 5.92 Å². The van der Waals surface area contributed by atoms with Crippen LogP contribution in [-0.4, -0.2) is 0 Å². The van der Waals surface area contributed by atoms with Crippen LogP contribution in [0.2, 0.25) is 0 Å². The molecular formula is C15H17F. The smallest absolute Gasteiger partial charge is 0.123 e. The Morgan fingerprint density at radius 2 is 1.50 bits per heavy atom. The number of halogens is 1. The topological polar surface area (TPSA) is 0 Å². The zero-order valence-electron chi connectivity index (χ0n) is 10.3. The molecule has 16 heavy (non-hydrogen) atoms. The molecule has 2 rings (SSSR count). The van der Waals surface area contributed by atoms with Crippen molar-refractivity contribution in [2.45, 2.75) is 27.7 Å². The summed E-state index contributed by atoms with van der Waals surface area (Å²) >= 11 is 0. The molecule has 1 atom stereocenters. The van der Waals surface area contributed by atoms with Crippen molar-refractivity contribution in [3.63, 3.8) is 0 Å². The second-order valence-corrected chi connectivity index (χ2v) is 4.58. The molecule has 0 fully saturated rings. The first-order valence-electron chi connectivity index (χ1n) is 5.67. The molecule has 0 spiro atoms. The average Bonchev–Trinajstić information content (AvgIpc) is 2.46. The number of hydrogen-bond acceptors (Lipinski definition) is 0. The van der Waals surface area contributed by atoms with Crippen LogP contribution in [0.1, 0.15) is 33.3 Å². The van der Waals surface area contributed by atoms with Gasteiger partial charge in [0.1, 0.15) is 5.82 Å². The molecule has 0 bridgehead atoms. The van der Waals surface area contributed by atoms with E-state index in [-0.39, 0.29) is 5.82 Å². The minimum absolute atomic E-state index is 0.172. The van der Waals surface area contributed by atoms with Crippen molar-refractivity contribution in [3.05, 3.63) is 52.4 Å². The molecule has 0 heterocycles. The Morgan fingerprint density at radius 3 is 1.94 bits per heavy atom. The van der Waals surface area contributed by atoms with Gasteiger partial charge >= 0.3 is 0 Å². The third-order valence-corrected chi connectivity index (χ3v) is 3.80. The van der Waals surface area contributed by atoms with Crippen LogP contribution in [-0.2, 0) is 0 Å². The molecule has 0 saturated heterocycles. The van der Waals surface area contributed by atoms with Gasteiger partial charge in [-0.2, -0.15) is 0 Å². The summed E-state index contributed by atoms with van der Waals surface area (Å²) in [6.45, 7) is 8.72. The maximum Gasteiger partial charge on any atom is 0.123 e. The Hall–Kier alpha value is -1.37. The van der Waals surface area contributed by atoms with E-state index in [9.17, 15) is 4.39 Å². The largest absolute Gasteiger partial charge is 0.207 e. The number of hydrogen-bond donors (Lipinski definition) is 0. The summed E-state index contributed by atoms with van der Waals surface area (Å²) in [5, 5.41) is 0. The zero-order valence-corrected chi connectivity index (χ0v) is 10.3. The van der Waals surface area contributed by atoms with Crippen molar-refractivity contribution >= 4 is 5.57 Å². The molecule has 1 heteroatoms. The second-order valence-electron chi connectivity index (χ2n) is 4.58. The zero-order chi connectivity index (χ0) is 11.9. The molecule has 0 saturated carbocycles. The van der Waals surface area contributed by atoms with E-state index in [1.807, 2.05) is 12.1 Å². The van der Waals surface area contributed by atoms with E-state index in [2.05, 4.69) is 27.7 Å². The summed E-state index contributed by atoms with van der Waals surface area (Å²) in [5.41, 5.74) is 6.64. The predicted octanol–water partition coefficient (Wildman–Crippen LogP) is 4.59. The van der Waals surface area contributed by atoms with Gasteiger partial charge in [-0.1, -0.05) is 24.6 Å². The Bertz CT molecular complexity index is 475. The summed E-state index contributed by atoms with van der Waals surface area (Å²) in [6.07, 6.45) is 0. The summed E-state index contributed by atoms with van der Waals surface area (Å²) in [7, 11) is 0. The van der Waals surface area contributed by atoms with E-state index >= 15 is 0 Å². The van der Waals surface area contributed by atoms with Crippen LogP contribution in [0.4, 0.5) is 4.39 Å². The molecule has 0 nitrogen and oxygen atoms in total. The van der Waals surface area contributed by atoms with Gasteiger partial charge < -0.3 is 0 Å². The third kappa shape index (κ3) is 1.60. The molecule has 0 aromatic heterocycles. The fraction of sp³-hybridized carbons (Fsp3) is 0.333. The lowest BCUT2D eigenvalue weighted by molar-refractivity contribution is 0.627. The molecule has 0 N–H and O–H groups in total. The van der Waals surface area contributed by atoms with E-state index in [0.717, 1.165) is 5.56 Å². The van der Waals surface area contributed by atoms with Crippen molar-refractivity contribution in [2.24, 2.45) is 5.92 Å². The van der Waals surface area contributed by atoms with Crippen LogP contribution in [0.5, 0.6) is 0 Å². The standard InChI is InChI=1S/C15H17F/c1-9-10(2)12(4)15(11(9)3)13-5-7-14(16)8-6-13/h5-8,11H,1-4H3. The number of benzene rings is 1. The van der Waals surface area contributed by atoms with Crippen LogP contribution in [0.25, 0.3) is 5.57 Å². The highest BCUT2D eigenvalue weighted by Crippen LogP contribution is 2.42. The van der Waals surface area contributed by atoms with E-state index < -0.39 is 0 Å². The van der Waals surface area contributed by atoms with Crippen molar-refractivity contribution in [1.29, 1.82) is 0 Å². The Kier molecular flexibility index (Phi) is 2.71. The van der Waals surface area contributed by atoms with E-state index in [4.69, 9.17) is 0 Å². The summed E-state index contributed by atoms with van der Waals surface area (Å²) in [4.78, 5) is 0. The molecule has 1 aromatic rings. The van der Waals surface area contributed by atoms with Gasteiger partial charge in [-0.05, 0) is 55.2 Å².